The minimum atomic E-state index is -2.96. The SMILES string of the molecule is O=C(Nc1ccc(OC(F)F)c(Cl)c1)c1ccoc1Br. The van der Waals surface area contributed by atoms with Crippen molar-refractivity contribution in [3.8, 4) is 5.75 Å². The van der Waals surface area contributed by atoms with Crippen LogP contribution in [0.3, 0.4) is 0 Å². The molecule has 0 radical (unpaired) electrons. The monoisotopic (exact) mass is 365 g/mol. The second-order valence-corrected chi connectivity index (χ2v) is 4.71. The highest BCUT2D eigenvalue weighted by molar-refractivity contribution is 9.10. The summed E-state index contributed by atoms with van der Waals surface area (Å²) in [6, 6.07) is 5.43. The quantitative estimate of drug-likeness (QED) is 0.864. The fourth-order valence-electron chi connectivity index (χ4n) is 1.42. The number of benzene rings is 1. The fraction of sp³-hybridized carbons (Fsp3) is 0.0833. The van der Waals surface area contributed by atoms with Gasteiger partial charge in [-0.25, -0.2) is 0 Å². The summed E-state index contributed by atoms with van der Waals surface area (Å²) < 4.78 is 33.6. The number of ether oxygens (including phenoxy) is 1. The number of carbonyl (C=O) groups is 1. The molecule has 2 rings (SSSR count). The lowest BCUT2D eigenvalue weighted by Crippen LogP contribution is -2.11. The first-order chi connectivity index (χ1) is 9.47. The van der Waals surface area contributed by atoms with Gasteiger partial charge in [0.05, 0.1) is 16.8 Å². The Bertz CT molecular complexity index is 633. The topological polar surface area (TPSA) is 51.5 Å². The normalized spacial score (nSPS) is 10.7. The fourth-order valence-corrected chi connectivity index (χ4v) is 2.07. The zero-order chi connectivity index (χ0) is 14.7. The minimum absolute atomic E-state index is 0.0330. The molecular formula is C12H7BrClF2NO3. The van der Waals surface area contributed by atoms with Crippen molar-refractivity contribution in [3.05, 3.63) is 45.8 Å². The molecule has 1 aromatic carbocycles. The zero-order valence-electron chi connectivity index (χ0n) is 9.70. The molecule has 0 aliphatic rings. The number of hydrogen-bond acceptors (Lipinski definition) is 3. The van der Waals surface area contributed by atoms with E-state index in [4.69, 9.17) is 16.0 Å². The highest BCUT2D eigenvalue weighted by Crippen LogP contribution is 2.29. The second kappa shape index (κ2) is 6.23. The Morgan fingerprint density at radius 2 is 2.15 bits per heavy atom. The lowest BCUT2D eigenvalue weighted by atomic mass is 10.2. The molecule has 8 heteroatoms. The van der Waals surface area contributed by atoms with Crippen LogP contribution in [0.25, 0.3) is 0 Å². The number of nitrogens with one attached hydrogen (secondary N) is 1. The van der Waals surface area contributed by atoms with Crippen LogP contribution >= 0.6 is 27.5 Å². The van der Waals surface area contributed by atoms with Gasteiger partial charge in [0, 0.05) is 5.69 Å². The van der Waals surface area contributed by atoms with Crippen LogP contribution in [0.4, 0.5) is 14.5 Å². The van der Waals surface area contributed by atoms with Gasteiger partial charge in [-0.05, 0) is 40.2 Å². The number of amides is 1. The number of carbonyl (C=O) groups excluding carboxylic acids is 1. The van der Waals surface area contributed by atoms with E-state index in [9.17, 15) is 13.6 Å². The van der Waals surface area contributed by atoms with Crippen molar-refractivity contribution in [1.82, 2.24) is 0 Å². The molecule has 0 fully saturated rings. The van der Waals surface area contributed by atoms with E-state index in [0.717, 1.165) is 0 Å². The molecule has 1 aromatic heterocycles. The molecule has 0 saturated heterocycles. The van der Waals surface area contributed by atoms with Gasteiger partial charge in [0.2, 0.25) is 0 Å². The van der Waals surface area contributed by atoms with Crippen molar-refractivity contribution >= 4 is 39.1 Å². The summed E-state index contributed by atoms with van der Waals surface area (Å²) in [4.78, 5) is 11.9. The standard InChI is InChI=1S/C12H7BrClF2NO3/c13-10-7(3-4-19-10)11(18)17-6-1-2-9(8(14)5-6)20-12(15)16/h1-5,12H,(H,17,18). The molecule has 4 nitrogen and oxygen atoms in total. The van der Waals surface area contributed by atoms with E-state index in [1.807, 2.05) is 0 Å². The average molecular weight is 367 g/mol. The Kier molecular flexibility index (Phi) is 4.61. The van der Waals surface area contributed by atoms with Gasteiger partial charge >= 0.3 is 6.61 Å². The Morgan fingerprint density at radius 1 is 1.40 bits per heavy atom. The van der Waals surface area contributed by atoms with Crippen LogP contribution in [0, 0.1) is 0 Å². The molecule has 1 N–H and O–H groups in total. The molecule has 1 amide bonds. The van der Waals surface area contributed by atoms with Gasteiger partial charge in [0.1, 0.15) is 5.75 Å². The Balaban J connectivity index is 2.13. The predicted molar refractivity (Wildman–Crippen MR) is 72.4 cm³/mol. The van der Waals surface area contributed by atoms with Crippen LogP contribution < -0.4 is 10.1 Å². The first-order valence-electron chi connectivity index (χ1n) is 5.26. The highest BCUT2D eigenvalue weighted by atomic mass is 79.9. The molecule has 0 unspecified atom stereocenters. The van der Waals surface area contributed by atoms with Crippen molar-refractivity contribution in [3.63, 3.8) is 0 Å². The summed E-state index contributed by atoms with van der Waals surface area (Å²) in [5.41, 5.74) is 0.642. The van der Waals surface area contributed by atoms with Crippen molar-refractivity contribution in [2.45, 2.75) is 6.61 Å². The third-order valence-electron chi connectivity index (χ3n) is 2.27. The van der Waals surface area contributed by atoms with E-state index in [1.165, 1.54) is 30.5 Å². The molecule has 2 aromatic rings. The van der Waals surface area contributed by atoms with Gasteiger partial charge in [-0.2, -0.15) is 8.78 Å². The molecule has 0 bridgehead atoms. The summed E-state index contributed by atoms with van der Waals surface area (Å²) in [7, 11) is 0. The summed E-state index contributed by atoms with van der Waals surface area (Å²) in [6.07, 6.45) is 1.35. The van der Waals surface area contributed by atoms with E-state index in [-0.39, 0.29) is 10.8 Å². The summed E-state index contributed by atoms with van der Waals surface area (Å²) >= 11 is 8.85. The van der Waals surface area contributed by atoms with E-state index in [2.05, 4.69) is 26.0 Å². The molecule has 1 heterocycles. The van der Waals surface area contributed by atoms with Gasteiger partial charge < -0.3 is 14.5 Å². The molecule has 0 aliphatic heterocycles. The molecular weight excluding hydrogens is 359 g/mol. The van der Waals surface area contributed by atoms with E-state index in [0.29, 0.717) is 15.9 Å². The van der Waals surface area contributed by atoms with Crippen LogP contribution in [0.5, 0.6) is 5.75 Å². The molecule has 0 saturated carbocycles. The minimum Gasteiger partial charge on any atom is -0.457 e. The molecule has 0 aliphatic carbocycles. The van der Waals surface area contributed by atoms with Crippen LogP contribution in [0.2, 0.25) is 5.02 Å². The average Bonchev–Trinajstić information content (AvgIpc) is 2.78. The van der Waals surface area contributed by atoms with Crippen molar-refractivity contribution < 1.29 is 22.7 Å². The second-order valence-electron chi connectivity index (χ2n) is 3.59. The molecule has 106 valence electrons. The van der Waals surface area contributed by atoms with Crippen LogP contribution in [0.1, 0.15) is 10.4 Å². The van der Waals surface area contributed by atoms with E-state index >= 15 is 0 Å². The van der Waals surface area contributed by atoms with Gasteiger partial charge in [-0.1, -0.05) is 11.6 Å². The first-order valence-corrected chi connectivity index (χ1v) is 6.43. The summed E-state index contributed by atoms with van der Waals surface area (Å²) in [5.74, 6) is -0.589. The number of anilines is 1. The highest BCUT2D eigenvalue weighted by Gasteiger charge is 2.14. The van der Waals surface area contributed by atoms with Crippen LogP contribution in [-0.2, 0) is 0 Å². The summed E-state index contributed by atoms with van der Waals surface area (Å²) in [5, 5.41) is 2.52. The molecule has 20 heavy (non-hydrogen) atoms. The number of halogens is 4. The van der Waals surface area contributed by atoms with E-state index in [1.54, 1.807) is 0 Å². The lowest BCUT2D eigenvalue weighted by Gasteiger charge is -2.09. The van der Waals surface area contributed by atoms with Crippen molar-refractivity contribution in [2.24, 2.45) is 0 Å². The molecule has 0 spiro atoms. The van der Waals surface area contributed by atoms with Crippen LogP contribution in [0.15, 0.2) is 39.6 Å². The zero-order valence-corrected chi connectivity index (χ0v) is 12.0. The maximum Gasteiger partial charge on any atom is 0.387 e. The first kappa shape index (κ1) is 14.8. The third-order valence-corrected chi connectivity index (χ3v) is 3.18. The smallest absolute Gasteiger partial charge is 0.387 e. The Hall–Kier alpha value is -1.60. The Morgan fingerprint density at radius 3 is 2.70 bits per heavy atom. The summed E-state index contributed by atoms with van der Waals surface area (Å²) in [6.45, 7) is -2.96. The number of furan rings is 1. The van der Waals surface area contributed by atoms with Gasteiger partial charge in [0.15, 0.2) is 4.67 Å². The maximum atomic E-state index is 12.1. The number of rotatable bonds is 4. The van der Waals surface area contributed by atoms with Crippen molar-refractivity contribution in [2.75, 3.05) is 5.32 Å². The lowest BCUT2D eigenvalue weighted by molar-refractivity contribution is -0.0497. The molecule has 0 atom stereocenters. The largest absolute Gasteiger partial charge is 0.457 e. The van der Waals surface area contributed by atoms with Crippen LogP contribution in [-0.4, -0.2) is 12.5 Å². The Labute approximate surface area is 125 Å². The maximum absolute atomic E-state index is 12.1. The number of alkyl halides is 2. The van der Waals surface area contributed by atoms with E-state index < -0.39 is 12.5 Å². The van der Waals surface area contributed by atoms with Gasteiger partial charge in [-0.15, -0.1) is 0 Å². The van der Waals surface area contributed by atoms with Gasteiger partial charge in [0.25, 0.3) is 5.91 Å². The third kappa shape index (κ3) is 3.49. The predicted octanol–water partition coefficient (Wildman–Crippen LogP) is 4.55. The van der Waals surface area contributed by atoms with Gasteiger partial charge in [-0.3, -0.25) is 4.79 Å². The van der Waals surface area contributed by atoms with Crippen molar-refractivity contribution in [1.29, 1.82) is 0 Å². The number of hydrogen-bond donors (Lipinski definition) is 1.